The van der Waals surface area contributed by atoms with E-state index < -0.39 is 0 Å². The van der Waals surface area contributed by atoms with Crippen LogP contribution in [0.2, 0.25) is 0 Å². The first kappa shape index (κ1) is 10.5. The van der Waals surface area contributed by atoms with Gasteiger partial charge >= 0.3 is 0 Å². The number of ether oxygens (including phenoxy) is 1. The number of morpholine rings is 1. The van der Waals surface area contributed by atoms with Crippen LogP contribution < -0.4 is 0 Å². The predicted molar refractivity (Wildman–Crippen MR) is 51.3 cm³/mol. The van der Waals surface area contributed by atoms with Gasteiger partial charge in [0.25, 0.3) is 0 Å². The van der Waals surface area contributed by atoms with Crippen molar-refractivity contribution in [1.82, 2.24) is 4.90 Å². The standard InChI is InChI=1S/C10H18N2O/c1-10(9-11)3-2-4-12-5-7-13-8-6-12/h10H,2-8H2,1H3. The van der Waals surface area contributed by atoms with Crippen molar-refractivity contribution in [2.75, 3.05) is 32.8 Å². The zero-order chi connectivity index (χ0) is 9.52. The maximum atomic E-state index is 8.59. The molecule has 1 heterocycles. The first-order valence-corrected chi connectivity index (χ1v) is 5.02. The maximum absolute atomic E-state index is 8.59. The van der Waals surface area contributed by atoms with Crippen molar-refractivity contribution in [2.24, 2.45) is 5.92 Å². The van der Waals surface area contributed by atoms with Crippen LogP contribution in [-0.4, -0.2) is 37.7 Å². The molecule has 0 amide bonds. The number of hydrogen-bond acceptors (Lipinski definition) is 3. The molecule has 0 aliphatic carbocycles. The summed E-state index contributed by atoms with van der Waals surface area (Å²) in [5.74, 6) is 0.209. The molecule has 0 aromatic carbocycles. The Bertz CT molecular complexity index is 170. The fourth-order valence-electron chi connectivity index (χ4n) is 1.51. The van der Waals surface area contributed by atoms with Gasteiger partial charge in [0.2, 0.25) is 0 Å². The summed E-state index contributed by atoms with van der Waals surface area (Å²) in [6.45, 7) is 6.96. The summed E-state index contributed by atoms with van der Waals surface area (Å²) in [6, 6.07) is 2.26. The van der Waals surface area contributed by atoms with E-state index >= 15 is 0 Å². The number of nitriles is 1. The van der Waals surface area contributed by atoms with Crippen LogP contribution in [0.3, 0.4) is 0 Å². The van der Waals surface area contributed by atoms with E-state index in [1.54, 1.807) is 0 Å². The molecule has 0 spiro atoms. The SMILES string of the molecule is CC(C#N)CCCN1CCOCC1. The quantitative estimate of drug-likeness (QED) is 0.656. The number of rotatable bonds is 4. The topological polar surface area (TPSA) is 36.3 Å². The van der Waals surface area contributed by atoms with Gasteiger partial charge < -0.3 is 4.74 Å². The van der Waals surface area contributed by atoms with Gasteiger partial charge in [-0.2, -0.15) is 5.26 Å². The lowest BCUT2D eigenvalue weighted by Crippen LogP contribution is -2.36. The van der Waals surface area contributed by atoms with Gasteiger partial charge in [-0.1, -0.05) is 0 Å². The van der Waals surface area contributed by atoms with Crippen LogP contribution in [0.25, 0.3) is 0 Å². The van der Waals surface area contributed by atoms with Crippen LogP contribution in [0.4, 0.5) is 0 Å². The fourth-order valence-corrected chi connectivity index (χ4v) is 1.51. The Morgan fingerprint density at radius 2 is 2.15 bits per heavy atom. The number of hydrogen-bond donors (Lipinski definition) is 0. The van der Waals surface area contributed by atoms with Crippen LogP contribution in [0.15, 0.2) is 0 Å². The highest BCUT2D eigenvalue weighted by atomic mass is 16.5. The van der Waals surface area contributed by atoms with Crippen LogP contribution in [0.1, 0.15) is 19.8 Å². The molecular formula is C10H18N2O. The molecule has 1 aliphatic heterocycles. The molecule has 0 N–H and O–H groups in total. The van der Waals surface area contributed by atoms with E-state index in [2.05, 4.69) is 11.0 Å². The Morgan fingerprint density at radius 1 is 1.46 bits per heavy atom. The minimum Gasteiger partial charge on any atom is -0.379 e. The minimum absolute atomic E-state index is 0.209. The molecule has 0 aromatic rings. The Balaban J connectivity index is 2.02. The van der Waals surface area contributed by atoms with Gasteiger partial charge in [0.1, 0.15) is 0 Å². The van der Waals surface area contributed by atoms with E-state index in [4.69, 9.17) is 10.00 Å². The molecule has 1 atom stereocenters. The molecule has 0 aromatic heterocycles. The van der Waals surface area contributed by atoms with Gasteiger partial charge in [-0.3, -0.25) is 4.90 Å². The van der Waals surface area contributed by atoms with E-state index in [0.717, 1.165) is 45.7 Å². The zero-order valence-corrected chi connectivity index (χ0v) is 8.33. The summed E-state index contributed by atoms with van der Waals surface area (Å²) in [6.07, 6.45) is 2.16. The molecular weight excluding hydrogens is 164 g/mol. The third-order valence-electron chi connectivity index (χ3n) is 2.44. The second-order valence-corrected chi connectivity index (χ2v) is 3.63. The van der Waals surface area contributed by atoms with Gasteiger partial charge in [-0.15, -0.1) is 0 Å². The summed E-state index contributed by atoms with van der Waals surface area (Å²) in [5, 5.41) is 8.59. The summed E-state index contributed by atoms with van der Waals surface area (Å²) in [5.41, 5.74) is 0. The van der Waals surface area contributed by atoms with Crippen molar-refractivity contribution in [2.45, 2.75) is 19.8 Å². The number of nitrogens with zero attached hydrogens (tertiary/aromatic N) is 2. The summed E-state index contributed by atoms with van der Waals surface area (Å²) in [4.78, 5) is 2.41. The largest absolute Gasteiger partial charge is 0.379 e. The van der Waals surface area contributed by atoms with E-state index in [-0.39, 0.29) is 5.92 Å². The monoisotopic (exact) mass is 182 g/mol. The van der Waals surface area contributed by atoms with Gasteiger partial charge in [-0.25, -0.2) is 0 Å². The first-order chi connectivity index (χ1) is 6.33. The van der Waals surface area contributed by atoms with Gasteiger partial charge in [0, 0.05) is 19.0 Å². The third-order valence-corrected chi connectivity index (χ3v) is 2.44. The fraction of sp³-hybridized carbons (Fsp3) is 0.900. The van der Waals surface area contributed by atoms with E-state index in [1.807, 2.05) is 6.92 Å². The van der Waals surface area contributed by atoms with Crippen LogP contribution in [0.5, 0.6) is 0 Å². The summed E-state index contributed by atoms with van der Waals surface area (Å²) in [7, 11) is 0. The normalized spacial score (nSPS) is 20.9. The molecule has 1 rings (SSSR count). The van der Waals surface area contributed by atoms with Gasteiger partial charge in [-0.05, 0) is 26.3 Å². The lowest BCUT2D eigenvalue weighted by Gasteiger charge is -2.26. The lowest BCUT2D eigenvalue weighted by molar-refractivity contribution is 0.0369. The Labute approximate surface area is 80.3 Å². The highest BCUT2D eigenvalue weighted by Crippen LogP contribution is 2.06. The van der Waals surface area contributed by atoms with E-state index in [1.165, 1.54) is 0 Å². The molecule has 1 aliphatic rings. The van der Waals surface area contributed by atoms with Crippen molar-refractivity contribution in [3.8, 4) is 6.07 Å². The average Bonchev–Trinajstić information content (AvgIpc) is 2.19. The molecule has 74 valence electrons. The van der Waals surface area contributed by atoms with Crippen LogP contribution in [0, 0.1) is 17.2 Å². The van der Waals surface area contributed by atoms with Crippen molar-refractivity contribution >= 4 is 0 Å². The Morgan fingerprint density at radius 3 is 2.77 bits per heavy atom. The summed E-state index contributed by atoms with van der Waals surface area (Å²) < 4.78 is 5.25. The van der Waals surface area contributed by atoms with Crippen molar-refractivity contribution in [3.05, 3.63) is 0 Å². The average molecular weight is 182 g/mol. The smallest absolute Gasteiger partial charge is 0.0652 e. The molecule has 3 heteroatoms. The first-order valence-electron chi connectivity index (χ1n) is 5.02. The van der Waals surface area contributed by atoms with Crippen molar-refractivity contribution in [3.63, 3.8) is 0 Å². The highest BCUT2D eigenvalue weighted by molar-refractivity contribution is 4.78. The van der Waals surface area contributed by atoms with E-state index in [0.29, 0.717) is 0 Å². The molecule has 1 unspecified atom stereocenters. The van der Waals surface area contributed by atoms with Crippen molar-refractivity contribution in [1.29, 1.82) is 5.26 Å². The van der Waals surface area contributed by atoms with Gasteiger partial charge in [0.15, 0.2) is 0 Å². The zero-order valence-electron chi connectivity index (χ0n) is 8.33. The molecule has 0 radical (unpaired) electrons. The molecule has 1 saturated heterocycles. The van der Waals surface area contributed by atoms with Crippen molar-refractivity contribution < 1.29 is 4.74 Å². The Hall–Kier alpha value is -0.590. The Kier molecular flexibility index (Phi) is 4.81. The molecule has 0 bridgehead atoms. The van der Waals surface area contributed by atoms with Crippen LogP contribution in [-0.2, 0) is 4.74 Å². The lowest BCUT2D eigenvalue weighted by atomic mass is 10.1. The van der Waals surface area contributed by atoms with Gasteiger partial charge in [0.05, 0.1) is 19.3 Å². The molecule has 13 heavy (non-hydrogen) atoms. The maximum Gasteiger partial charge on any atom is 0.0652 e. The summed E-state index contributed by atoms with van der Waals surface area (Å²) >= 11 is 0. The second-order valence-electron chi connectivity index (χ2n) is 3.63. The highest BCUT2D eigenvalue weighted by Gasteiger charge is 2.09. The minimum atomic E-state index is 0.209. The second kappa shape index (κ2) is 5.95. The molecule has 0 saturated carbocycles. The molecule has 1 fully saturated rings. The third kappa shape index (κ3) is 4.25. The predicted octanol–water partition coefficient (Wildman–Crippen LogP) is 1.26. The van der Waals surface area contributed by atoms with Crippen LogP contribution >= 0.6 is 0 Å². The van der Waals surface area contributed by atoms with E-state index in [9.17, 15) is 0 Å². The molecule has 3 nitrogen and oxygen atoms in total.